The van der Waals surface area contributed by atoms with E-state index >= 15 is 0 Å². The van der Waals surface area contributed by atoms with E-state index in [1.165, 1.54) is 0 Å². The molecule has 0 aliphatic rings. The van der Waals surface area contributed by atoms with E-state index in [0.29, 0.717) is 12.4 Å². The van der Waals surface area contributed by atoms with Gasteiger partial charge in [0.05, 0.1) is 5.92 Å². The lowest BCUT2D eigenvalue weighted by atomic mass is 9.99. The largest absolute Gasteiger partial charge is 0.339 e. The molecule has 2 N–H and O–H groups in total. The number of hydrogen-bond donors (Lipinski definition) is 1. The van der Waals surface area contributed by atoms with Crippen LogP contribution in [0, 0.1) is 0 Å². The van der Waals surface area contributed by atoms with Gasteiger partial charge in [0, 0.05) is 13.0 Å². The van der Waals surface area contributed by atoms with Gasteiger partial charge in [-0.25, -0.2) is 0 Å². The quantitative estimate of drug-likeness (QED) is 0.856. The SMILES string of the molecule is CCCc1noc(C(CN)c2ccccc2)n1. The van der Waals surface area contributed by atoms with Crippen LogP contribution in [0.3, 0.4) is 0 Å². The van der Waals surface area contributed by atoms with Gasteiger partial charge in [-0.1, -0.05) is 42.4 Å². The van der Waals surface area contributed by atoms with Crippen molar-refractivity contribution in [1.29, 1.82) is 0 Å². The van der Waals surface area contributed by atoms with E-state index in [4.69, 9.17) is 10.3 Å². The highest BCUT2D eigenvalue weighted by Crippen LogP contribution is 2.21. The average Bonchev–Trinajstić information content (AvgIpc) is 2.81. The van der Waals surface area contributed by atoms with Crippen LogP contribution in [0.4, 0.5) is 0 Å². The van der Waals surface area contributed by atoms with Crippen LogP contribution < -0.4 is 5.73 Å². The van der Waals surface area contributed by atoms with Crippen molar-refractivity contribution in [1.82, 2.24) is 10.1 Å². The minimum atomic E-state index is -0.00527. The number of aryl methyl sites for hydroxylation is 1. The van der Waals surface area contributed by atoms with E-state index in [2.05, 4.69) is 17.1 Å². The standard InChI is InChI=1S/C13H17N3O/c1-2-6-12-15-13(17-16-12)11(9-14)10-7-4-3-5-8-10/h3-5,7-8,11H,2,6,9,14H2,1H3. The summed E-state index contributed by atoms with van der Waals surface area (Å²) >= 11 is 0. The Morgan fingerprint density at radius 2 is 2.06 bits per heavy atom. The Kier molecular flexibility index (Phi) is 3.88. The van der Waals surface area contributed by atoms with Crippen LogP contribution in [-0.2, 0) is 6.42 Å². The monoisotopic (exact) mass is 231 g/mol. The van der Waals surface area contributed by atoms with Crippen molar-refractivity contribution in [2.75, 3.05) is 6.54 Å². The molecule has 0 aliphatic carbocycles. The van der Waals surface area contributed by atoms with E-state index < -0.39 is 0 Å². The molecule has 0 amide bonds. The third-order valence-electron chi connectivity index (χ3n) is 2.69. The first-order chi connectivity index (χ1) is 8.35. The average molecular weight is 231 g/mol. The number of benzene rings is 1. The molecule has 1 heterocycles. The molecule has 0 radical (unpaired) electrons. The summed E-state index contributed by atoms with van der Waals surface area (Å²) in [4.78, 5) is 4.39. The first kappa shape index (κ1) is 11.8. The Morgan fingerprint density at radius 1 is 1.29 bits per heavy atom. The van der Waals surface area contributed by atoms with Crippen LogP contribution in [0.1, 0.15) is 36.5 Å². The van der Waals surface area contributed by atoms with Crippen LogP contribution in [0.2, 0.25) is 0 Å². The minimum absolute atomic E-state index is 0.00527. The molecule has 1 aromatic heterocycles. The first-order valence-corrected chi connectivity index (χ1v) is 5.92. The molecule has 2 rings (SSSR count). The van der Waals surface area contributed by atoms with Crippen LogP contribution in [0.25, 0.3) is 0 Å². The van der Waals surface area contributed by atoms with E-state index in [1.807, 2.05) is 30.3 Å². The predicted octanol–water partition coefficient (Wildman–Crippen LogP) is 2.11. The van der Waals surface area contributed by atoms with Gasteiger partial charge in [-0.3, -0.25) is 0 Å². The molecule has 1 unspecified atom stereocenters. The molecule has 1 atom stereocenters. The maximum absolute atomic E-state index is 5.79. The predicted molar refractivity (Wildman–Crippen MR) is 65.6 cm³/mol. The second kappa shape index (κ2) is 5.59. The zero-order valence-electron chi connectivity index (χ0n) is 9.97. The van der Waals surface area contributed by atoms with E-state index in [1.54, 1.807) is 0 Å². The summed E-state index contributed by atoms with van der Waals surface area (Å²) in [5.74, 6) is 1.37. The second-order valence-electron chi connectivity index (χ2n) is 4.00. The number of rotatable bonds is 5. The van der Waals surface area contributed by atoms with Crippen LogP contribution in [-0.4, -0.2) is 16.7 Å². The van der Waals surface area contributed by atoms with E-state index in [0.717, 1.165) is 24.2 Å². The third kappa shape index (κ3) is 2.71. The van der Waals surface area contributed by atoms with Crippen molar-refractivity contribution < 1.29 is 4.52 Å². The maximum atomic E-state index is 5.79. The Hall–Kier alpha value is -1.68. The van der Waals surface area contributed by atoms with Gasteiger partial charge >= 0.3 is 0 Å². The minimum Gasteiger partial charge on any atom is -0.339 e. The number of nitrogens with zero attached hydrogens (tertiary/aromatic N) is 2. The van der Waals surface area contributed by atoms with Crippen LogP contribution in [0.15, 0.2) is 34.9 Å². The molecular weight excluding hydrogens is 214 g/mol. The van der Waals surface area contributed by atoms with Crippen molar-refractivity contribution in [2.24, 2.45) is 5.73 Å². The van der Waals surface area contributed by atoms with Gasteiger partial charge in [0.15, 0.2) is 5.82 Å². The van der Waals surface area contributed by atoms with Crippen LogP contribution >= 0.6 is 0 Å². The Balaban J connectivity index is 2.23. The summed E-state index contributed by atoms with van der Waals surface area (Å²) in [5.41, 5.74) is 6.90. The number of nitrogens with two attached hydrogens (primary N) is 1. The molecule has 2 aromatic rings. The fraction of sp³-hybridized carbons (Fsp3) is 0.385. The second-order valence-corrected chi connectivity index (χ2v) is 4.00. The van der Waals surface area contributed by atoms with Gasteiger partial charge in [0.2, 0.25) is 5.89 Å². The summed E-state index contributed by atoms with van der Waals surface area (Å²) in [6.07, 6.45) is 1.85. The highest BCUT2D eigenvalue weighted by Gasteiger charge is 2.19. The molecule has 90 valence electrons. The molecular formula is C13H17N3O. The van der Waals surface area contributed by atoms with Gasteiger partial charge in [0.1, 0.15) is 0 Å². The summed E-state index contributed by atoms with van der Waals surface area (Å²) in [6.45, 7) is 2.56. The normalized spacial score (nSPS) is 12.6. The molecule has 0 saturated carbocycles. The molecule has 0 spiro atoms. The first-order valence-electron chi connectivity index (χ1n) is 5.92. The van der Waals surface area contributed by atoms with Gasteiger partial charge in [-0.2, -0.15) is 4.98 Å². The van der Waals surface area contributed by atoms with Crippen molar-refractivity contribution in [3.8, 4) is 0 Å². The fourth-order valence-electron chi connectivity index (χ4n) is 1.80. The Bertz CT molecular complexity index is 453. The van der Waals surface area contributed by atoms with Crippen molar-refractivity contribution >= 4 is 0 Å². The Labute approximate surface area is 101 Å². The summed E-state index contributed by atoms with van der Waals surface area (Å²) in [5, 5.41) is 3.96. The maximum Gasteiger partial charge on any atom is 0.235 e. The van der Waals surface area contributed by atoms with Gasteiger partial charge < -0.3 is 10.3 Å². The highest BCUT2D eigenvalue weighted by atomic mass is 16.5. The zero-order chi connectivity index (χ0) is 12.1. The smallest absolute Gasteiger partial charge is 0.235 e. The zero-order valence-corrected chi connectivity index (χ0v) is 9.97. The molecule has 0 aliphatic heterocycles. The molecule has 0 fully saturated rings. The third-order valence-corrected chi connectivity index (χ3v) is 2.69. The molecule has 17 heavy (non-hydrogen) atoms. The Morgan fingerprint density at radius 3 is 2.71 bits per heavy atom. The topological polar surface area (TPSA) is 64.9 Å². The number of hydrogen-bond acceptors (Lipinski definition) is 4. The molecule has 0 saturated heterocycles. The summed E-state index contributed by atoms with van der Waals surface area (Å²) in [7, 11) is 0. The van der Waals surface area contributed by atoms with Crippen molar-refractivity contribution in [3.05, 3.63) is 47.6 Å². The van der Waals surface area contributed by atoms with E-state index in [9.17, 15) is 0 Å². The fourth-order valence-corrected chi connectivity index (χ4v) is 1.80. The number of aromatic nitrogens is 2. The molecule has 4 heteroatoms. The lowest BCUT2D eigenvalue weighted by molar-refractivity contribution is 0.362. The lowest BCUT2D eigenvalue weighted by Gasteiger charge is -2.09. The van der Waals surface area contributed by atoms with Gasteiger partial charge in [0.25, 0.3) is 0 Å². The van der Waals surface area contributed by atoms with Crippen molar-refractivity contribution in [2.45, 2.75) is 25.7 Å². The van der Waals surface area contributed by atoms with Crippen LogP contribution in [0.5, 0.6) is 0 Å². The summed E-state index contributed by atoms with van der Waals surface area (Å²) in [6, 6.07) is 10.0. The summed E-state index contributed by atoms with van der Waals surface area (Å²) < 4.78 is 5.28. The van der Waals surface area contributed by atoms with Crippen molar-refractivity contribution in [3.63, 3.8) is 0 Å². The van der Waals surface area contributed by atoms with Gasteiger partial charge in [-0.05, 0) is 12.0 Å². The molecule has 4 nitrogen and oxygen atoms in total. The molecule has 0 bridgehead atoms. The highest BCUT2D eigenvalue weighted by molar-refractivity contribution is 5.24. The molecule has 1 aromatic carbocycles. The van der Waals surface area contributed by atoms with Gasteiger partial charge in [-0.15, -0.1) is 0 Å². The van der Waals surface area contributed by atoms with E-state index in [-0.39, 0.29) is 5.92 Å². The lowest BCUT2D eigenvalue weighted by Crippen LogP contribution is -2.14.